The van der Waals surface area contributed by atoms with Crippen molar-refractivity contribution in [2.45, 2.75) is 13.8 Å². The number of fused-ring (bicyclic) bond motifs is 1. The Kier molecular flexibility index (Phi) is 3.06. The van der Waals surface area contributed by atoms with Crippen LogP contribution in [0.3, 0.4) is 0 Å². The molecule has 0 unspecified atom stereocenters. The molecule has 3 rings (SSSR count). The van der Waals surface area contributed by atoms with Crippen molar-refractivity contribution in [2.75, 3.05) is 4.90 Å². The predicted molar refractivity (Wildman–Crippen MR) is 80.4 cm³/mol. The van der Waals surface area contributed by atoms with Crippen LogP contribution in [-0.4, -0.2) is 22.7 Å². The lowest BCUT2D eigenvalue weighted by atomic mass is 10.0. The van der Waals surface area contributed by atoms with Gasteiger partial charge in [-0.25, -0.2) is 4.90 Å². The van der Waals surface area contributed by atoms with Gasteiger partial charge in [0.2, 0.25) is 0 Å². The Balaban J connectivity index is 2.20. The lowest BCUT2D eigenvalue weighted by molar-refractivity contribution is 0.0922. The summed E-state index contributed by atoms with van der Waals surface area (Å²) in [7, 11) is 0. The molecule has 2 aromatic rings. The zero-order valence-corrected chi connectivity index (χ0v) is 12.1. The Hall–Kier alpha value is -2.95. The van der Waals surface area contributed by atoms with Crippen molar-refractivity contribution in [3.63, 3.8) is 0 Å². The van der Waals surface area contributed by atoms with Gasteiger partial charge in [0.1, 0.15) is 0 Å². The topological polar surface area (TPSA) is 74.7 Å². The molecular weight excluding hydrogens is 282 g/mol. The van der Waals surface area contributed by atoms with Crippen molar-refractivity contribution >= 4 is 23.3 Å². The smallest absolute Gasteiger partial charge is 0.266 e. The molecule has 0 aromatic heterocycles. The predicted octanol–water partition coefficient (Wildman–Crippen LogP) is 2.70. The molecule has 0 radical (unpaired) electrons. The van der Waals surface area contributed by atoms with Crippen LogP contribution in [0.2, 0.25) is 0 Å². The first kappa shape index (κ1) is 14.0. The Morgan fingerprint density at radius 3 is 2.09 bits per heavy atom. The Labute approximate surface area is 126 Å². The number of aromatic hydroxyl groups is 1. The van der Waals surface area contributed by atoms with Crippen molar-refractivity contribution < 1.29 is 19.5 Å². The SMILES string of the molecule is CC(=O)c1cc(C)cc(N2C(=O)c3ccccc3C2=O)c1O. The maximum atomic E-state index is 12.5. The average molecular weight is 295 g/mol. The van der Waals surface area contributed by atoms with Crippen molar-refractivity contribution in [2.24, 2.45) is 0 Å². The van der Waals surface area contributed by atoms with E-state index >= 15 is 0 Å². The average Bonchev–Trinajstić information content (AvgIpc) is 2.73. The molecule has 1 N–H and O–H groups in total. The molecule has 22 heavy (non-hydrogen) atoms. The molecule has 5 nitrogen and oxygen atoms in total. The number of imide groups is 1. The maximum absolute atomic E-state index is 12.5. The van der Waals surface area contributed by atoms with Gasteiger partial charge in [-0.2, -0.15) is 0 Å². The zero-order chi connectivity index (χ0) is 16.0. The minimum atomic E-state index is -0.504. The van der Waals surface area contributed by atoms with Gasteiger partial charge in [-0.05, 0) is 43.7 Å². The summed E-state index contributed by atoms with van der Waals surface area (Å²) in [5.74, 6) is -1.70. The molecule has 1 aliphatic heterocycles. The Morgan fingerprint density at radius 1 is 1.05 bits per heavy atom. The van der Waals surface area contributed by atoms with Gasteiger partial charge in [0.05, 0.1) is 22.4 Å². The number of carbonyl (C=O) groups excluding carboxylic acids is 3. The highest BCUT2D eigenvalue weighted by atomic mass is 16.3. The largest absolute Gasteiger partial charge is 0.505 e. The molecule has 0 aliphatic carbocycles. The van der Waals surface area contributed by atoms with E-state index in [2.05, 4.69) is 0 Å². The van der Waals surface area contributed by atoms with Gasteiger partial charge in [-0.3, -0.25) is 14.4 Å². The second kappa shape index (κ2) is 4.80. The second-order valence-electron chi connectivity index (χ2n) is 5.23. The van der Waals surface area contributed by atoms with Crippen LogP contribution in [0.5, 0.6) is 5.75 Å². The number of benzene rings is 2. The summed E-state index contributed by atoms with van der Waals surface area (Å²) >= 11 is 0. The third kappa shape index (κ3) is 1.90. The first-order chi connectivity index (χ1) is 10.4. The summed E-state index contributed by atoms with van der Waals surface area (Å²) in [4.78, 5) is 37.5. The number of ketones is 1. The number of Topliss-reactive ketones (excluding diaryl/α,β-unsaturated/α-hetero) is 1. The number of amides is 2. The van der Waals surface area contributed by atoms with Crippen molar-refractivity contribution in [3.05, 3.63) is 58.7 Å². The number of carbonyl (C=O) groups is 3. The first-order valence-electron chi connectivity index (χ1n) is 6.74. The van der Waals surface area contributed by atoms with Crippen LogP contribution in [0.4, 0.5) is 5.69 Å². The van der Waals surface area contributed by atoms with Crippen LogP contribution >= 0.6 is 0 Å². The van der Waals surface area contributed by atoms with Crippen molar-refractivity contribution in [3.8, 4) is 5.75 Å². The van der Waals surface area contributed by atoms with Crippen LogP contribution in [0.25, 0.3) is 0 Å². The number of aryl methyl sites for hydroxylation is 1. The number of phenolic OH excluding ortho intramolecular Hbond substituents is 1. The number of anilines is 1. The Morgan fingerprint density at radius 2 is 1.59 bits per heavy atom. The maximum Gasteiger partial charge on any atom is 0.266 e. The number of hydrogen-bond donors (Lipinski definition) is 1. The van der Waals surface area contributed by atoms with Gasteiger partial charge in [0, 0.05) is 0 Å². The van der Waals surface area contributed by atoms with E-state index in [1.165, 1.54) is 19.1 Å². The molecular formula is C17H13NO4. The molecule has 5 heteroatoms. The van der Waals surface area contributed by atoms with E-state index in [4.69, 9.17) is 0 Å². The highest BCUT2D eigenvalue weighted by Crippen LogP contribution is 2.37. The van der Waals surface area contributed by atoms with E-state index in [0.29, 0.717) is 5.56 Å². The van der Waals surface area contributed by atoms with Gasteiger partial charge in [0.15, 0.2) is 11.5 Å². The minimum Gasteiger partial charge on any atom is -0.505 e. The molecule has 2 aromatic carbocycles. The fraction of sp³-hybridized carbons (Fsp3) is 0.118. The van der Waals surface area contributed by atoms with Gasteiger partial charge < -0.3 is 5.11 Å². The minimum absolute atomic E-state index is 0.0383. The number of rotatable bonds is 2. The fourth-order valence-electron chi connectivity index (χ4n) is 2.61. The van der Waals surface area contributed by atoms with Gasteiger partial charge >= 0.3 is 0 Å². The first-order valence-corrected chi connectivity index (χ1v) is 6.74. The van der Waals surface area contributed by atoms with Gasteiger partial charge in [-0.1, -0.05) is 12.1 Å². The van der Waals surface area contributed by atoms with E-state index in [1.54, 1.807) is 31.2 Å². The van der Waals surface area contributed by atoms with Crippen LogP contribution in [0.15, 0.2) is 36.4 Å². The molecule has 1 heterocycles. The molecule has 0 saturated heterocycles. The number of nitrogens with zero attached hydrogens (tertiary/aromatic N) is 1. The quantitative estimate of drug-likeness (QED) is 0.683. The van der Waals surface area contributed by atoms with Gasteiger partial charge in [0.25, 0.3) is 11.8 Å². The summed E-state index contributed by atoms with van der Waals surface area (Å²) < 4.78 is 0. The summed E-state index contributed by atoms with van der Waals surface area (Å²) in [6.07, 6.45) is 0. The monoisotopic (exact) mass is 295 g/mol. The number of hydrogen-bond acceptors (Lipinski definition) is 4. The Bertz CT molecular complexity index is 804. The molecule has 0 fully saturated rings. The molecule has 0 bridgehead atoms. The lowest BCUT2D eigenvalue weighted by Crippen LogP contribution is -2.29. The molecule has 0 saturated carbocycles. The van der Waals surface area contributed by atoms with Crippen LogP contribution < -0.4 is 4.90 Å². The van der Waals surface area contributed by atoms with E-state index in [-0.39, 0.29) is 33.9 Å². The normalized spacial score (nSPS) is 13.5. The number of phenols is 1. The van der Waals surface area contributed by atoms with E-state index in [1.807, 2.05) is 0 Å². The van der Waals surface area contributed by atoms with Crippen LogP contribution in [0, 0.1) is 6.92 Å². The van der Waals surface area contributed by atoms with E-state index < -0.39 is 11.8 Å². The third-order valence-electron chi connectivity index (χ3n) is 3.65. The zero-order valence-electron chi connectivity index (χ0n) is 12.1. The summed E-state index contributed by atoms with van der Waals surface area (Å²) in [6.45, 7) is 3.05. The highest BCUT2D eigenvalue weighted by Gasteiger charge is 2.38. The second-order valence-corrected chi connectivity index (χ2v) is 5.23. The third-order valence-corrected chi connectivity index (χ3v) is 3.65. The standard InChI is InChI=1S/C17H13NO4/c1-9-7-13(10(2)19)15(20)14(8-9)18-16(21)11-5-3-4-6-12(11)17(18)22/h3-8,20H,1-2H3. The van der Waals surface area contributed by atoms with E-state index in [0.717, 1.165) is 4.90 Å². The molecule has 0 atom stereocenters. The summed E-state index contributed by atoms with van der Waals surface area (Å²) in [6, 6.07) is 9.51. The molecule has 1 aliphatic rings. The molecule has 110 valence electrons. The summed E-state index contributed by atoms with van der Waals surface area (Å²) in [5.41, 5.74) is 1.38. The van der Waals surface area contributed by atoms with Crippen LogP contribution in [0.1, 0.15) is 43.6 Å². The van der Waals surface area contributed by atoms with Crippen LogP contribution in [-0.2, 0) is 0 Å². The van der Waals surface area contributed by atoms with E-state index in [9.17, 15) is 19.5 Å². The van der Waals surface area contributed by atoms with Gasteiger partial charge in [-0.15, -0.1) is 0 Å². The van der Waals surface area contributed by atoms with Crippen molar-refractivity contribution in [1.29, 1.82) is 0 Å². The fourth-order valence-corrected chi connectivity index (χ4v) is 2.61. The lowest BCUT2D eigenvalue weighted by Gasteiger charge is -2.17. The molecule has 0 spiro atoms. The highest BCUT2D eigenvalue weighted by molar-refractivity contribution is 6.35. The summed E-state index contributed by atoms with van der Waals surface area (Å²) in [5, 5.41) is 10.3. The van der Waals surface area contributed by atoms with Crippen molar-refractivity contribution in [1.82, 2.24) is 0 Å². The molecule has 2 amide bonds.